The van der Waals surface area contributed by atoms with Crippen LogP contribution in [0.1, 0.15) is 16.1 Å². The Hall–Kier alpha value is -3.55. The summed E-state index contributed by atoms with van der Waals surface area (Å²) in [4.78, 5) is 12.2. The fraction of sp³-hybridized carbons (Fsp3) is 0.0625. The van der Waals surface area contributed by atoms with Crippen molar-refractivity contribution in [1.29, 1.82) is 0 Å². The molecular weight excluding hydrogens is 306 g/mol. The summed E-state index contributed by atoms with van der Waals surface area (Å²) in [7, 11) is 0. The molecule has 8 nitrogen and oxygen atoms in total. The number of hydrogen-bond acceptors (Lipinski definition) is 5. The number of pyridine rings is 1. The van der Waals surface area contributed by atoms with E-state index >= 15 is 0 Å². The quantitative estimate of drug-likeness (QED) is 0.611. The Morgan fingerprint density at radius 2 is 1.92 bits per heavy atom. The van der Waals surface area contributed by atoms with Crippen molar-refractivity contribution in [2.75, 3.05) is 0 Å². The van der Waals surface area contributed by atoms with Gasteiger partial charge in [0, 0.05) is 6.20 Å². The Morgan fingerprint density at radius 1 is 1.04 bits per heavy atom. The van der Waals surface area contributed by atoms with Crippen molar-refractivity contribution in [3.63, 3.8) is 0 Å². The van der Waals surface area contributed by atoms with Gasteiger partial charge in [0.2, 0.25) is 0 Å². The SMILES string of the molecule is O=C(NCc1cn(-c2ccccc2)nn1)c1ccc2nncn2c1. The van der Waals surface area contributed by atoms with Gasteiger partial charge < -0.3 is 5.32 Å². The third-order valence-electron chi connectivity index (χ3n) is 3.54. The van der Waals surface area contributed by atoms with E-state index < -0.39 is 0 Å². The lowest BCUT2D eigenvalue weighted by atomic mass is 10.2. The number of fused-ring (bicyclic) bond motifs is 1. The molecule has 0 bridgehead atoms. The first-order valence-electron chi connectivity index (χ1n) is 7.34. The second-order valence-electron chi connectivity index (χ2n) is 5.19. The molecule has 3 aromatic heterocycles. The highest BCUT2D eigenvalue weighted by Crippen LogP contribution is 2.07. The summed E-state index contributed by atoms with van der Waals surface area (Å²) in [6.45, 7) is 0.298. The topological polar surface area (TPSA) is 90.0 Å². The summed E-state index contributed by atoms with van der Waals surface area (Å²) in [5.74, 6) is -0.195. The maximum Gasteiger partial charge on any atom is 0.253 e. The summed E-state index contributed by atoms with van der Waals surface area (Å²) in [6, 6.07) is 13.1. The van der Waals surface area contributed by atoms with E-state index in [1.165, 1.54) is 0 Å². The smallest absolute Gasteiger partial charge is 0.253 e. The number of rotatable bonds is 4. The molecule has 0 spiro atoms. The Bertz CT molecular complexity index is 990. The number of carbonyl (C=O) groups excluding carboxylic acids is 1. The molecule has 0 aliphatic rings. The molecule has 4 aromatic rings. The number of aromatic nitrogens is 6. The average Bonchev–Trinajstić information content (AvgIpc) is 3.29. The van der Waals surface area contributed by atoms with Gasteiger partial charge in [0.05, 0.1) is 24.0 Å². The molecule has 24 heavy (non-hydrogen) atoms. The predicted octanol–water partition coefficient (Wildman–Crippen LogP) is 1.24. The summed E-state index contributed by atoms with van der Waals surface area (Å²) >= 11 is 0. The lowest BCUT2D eigenvalue weighted by Crippen LogP contribution is -2.23. The van der Waals surface area contributed by atoms with Gasteiger partial charge in [-0.3, -0.25) is 9.20 Å². The molecule has 3 heterocycles. The fourth-order valence-electron chi connectivity index (χ4n) is 2.32. The van der Waals surface area contributed by atoms with Crippen molar-refractivity contribution in [2.24, 2.45) is 0 Å². The van der Waals surface area contributed by atoms with Gasteiger partial charge in [0.25, 0.3) is 5.91 Å². The molecule has 0 aliphatic heterocycles. The molecule has 1 amide bonds. The zero-order valence-electron chi connectivity index (χ0n) is 12.6. The van der Waals surface area contributed by atoms with Crippen LogP contribution in [0.3, 0.4) is 0 Å². The highest BCUT2D eigenvalue weighted by molar-refractivity contribution is 5.94. The minimum absolute atomic E-state index is 0.195. The Balaban J connectivity index is 1.45. The Kier molecular flexibility index (Phi) is 3.47. The van der Waals surface area contributed by atoms with E-state index in [4.69, 9.17) is 0 Å². The largest absolute Gasteiger partial charge is 0.346 e. The van der Waals surface area contributed by atoms with E-state index in [2.05, 4.69) is 25.8 Å². The van der Waals surface area contributed by atoms with Crippen LogP contribution in [0.15, 0.2) is 61.2 Å². The van der Waals surface area contributed by atoms with E-state index in [9.17, 15) is 4.79 Å². The van der Waals surface area contributed by atoms with Gasteiger partial charge in [-0.25, -0.2) is 4.68 Å². The van der Waals surface area contributed by atoms with Crippen molar-refractivity contribution in [2.45, 2.75) is 6.54 Å². The molecule has 1 aromatic carbocycles. The highest BCUT2D eigenvalue weighted by atomic mass is 16.1. The molecule has 0 aliphatic carbocycles. The van der Waals surface area contributed by atoms with E-state index in [0.717, 1.165) is 5.69 Å². The van der Waals surface area contributed by atoms with Crippen LogP contribution in [-0.2, 0) is 6.54 Å². The van der Waals surface area contributed by atoms with Gasteiger partial charge in [0.15, 0.2) is 5.65 Å². The summed E-state index contributed by atoms with van der Waals surface area (Å²) in [6.07, 6.45) is 5.03. The van der Waals surface area contributed by atoms with Gasteiger partial charge in [-0.15, -0.1) is 15.3 Å². The van der Waals surface area contributed by atoms with E-state index in [-0.39, 0.29) is 5.91 Å². The van der Waals surface area contributed by atoms with E-state index in [0.29, 0.717) is 23.4 Å². The standard InChI is InChI=1S/C16H13N7O/c24-16(12-6-7-15-20-18-11-22(15)9-12)17-8-13-10-23(21-19-13)14-4-2-1-3-5-14/h1-7,9-11H,8H2,(H,17,24). The molecule has 0 unspecified atom stereocenters. The van der Waals surface area contributed by atoms with Crippen LogP contribution in [0.25, 0.3) is 11.3 Å². The van der Waals surface area contributed by atoms with Crippen LogP contribution in [0.2, 0.25) is 0 Å². The predicted molar refractivity (Wildman–Crippen MR) is 85.5 cm³/mol. The van der Waals surface area contributed by atoms with Gasteiger partial charge in [-0.2, -0.15) is 0 Å². The first-order chi connectivity index (χ1) is 11.8. The Labute approximate surface area is 136 Å². The van der Waals surface area contributed by atoms with Gasteiger partial charge in [-0.05, 0) is 24.3 Å². The van der Waals surface area contributed by atoms with Crippen LogP contribution < -0.4 is 5.32 Å². The molecule has 118 valence electrons. The molecule has 0 radical (unpaired) electrons. The molecule has 1 N–H and O–H groups in total. The molecule has 8 heteroatoms. The maximum atomic E-state index is 12.2. The molecule has 4 rings (SSSR count). The molecule has 0 saturated heterocycles. The lowest BCUT2D eigenvalue weighted by Gasteiger charge is -2.03. The Morgan fingerprint density at radius 3 is 2.79 bits per heavy atom. The summed E-state index contributed by atoms with van der Waals surface area (Å²) in [5, 5.41) is 18.7. The monoisotopic (exact) mass is 319 g/mol. The van der Waals surface area contributed by atoms with E-state index in [1.54, 1.807) is 39.9 Å². The number of benzene rings is 1. The van der Waals surface area contributed by atoms with Crippen molar-refractivity contribution >= 4 is 11.6 Å². The lowest BCUT2D eigenvalue weighted by molar-refractivity contribution is 0.0950. The van der Waals surface area contributed by atoms with E-state index in [1.807, 2.05) is 30.3 Å². The number of nitrogens with one attached hydrogen (secondary N) is 1. The van der Waals surface area contributed by atoms with Crippen LogP contribution in [0.5, 0.6) is 0 Å². The molecule has 0 saturated carbocycles. The number of hydrogen-bond donors (Lipinski definition) is 1. The van der Waals surface area contributed by atoms with Crippen molar-refractivity contribution in [3.8, 4) is 5.69 Å². The molecule has 0 atom stereocenters. The molecular formula is C16H13N7O. The van der Waals surface area contributed by atoms with Crippen molar-refractivity contribution in [3.05, 3.63) is 72.4 Å². The van der Waals surface area contributed by atoms with Crippen LogP contribution >= 0.6 is 0 Å². The highest BCUT2D eigenvalue weighted by Gasteiger charge is 2.09. The minimum atomic E-state index is -0.195. The number of para-hydroxylation sites is 1. The molecule has 0 fully saturated rings. The summed E-state index contributed by atoms with van der Waals surface area (Å²) in [5.41, 5.74) is 2.81. The number of carbonyl (C=O) groups is 1. The summed E-state index contributed by atoms with van der Waals surface area (Å²) < 4.78 is 3.37. The zero-order valence-corrected chi connectivity index (χ0v) is 12.6. The average molecular weight is 319 g/mol. The maximum absolute atomic E-state index is 12.2. The minimum Gasteiger partial charge on any atom is -0.346 e. The third-order valence-corrected chi connectivity index (χ3v) is 3.54. The zero-order chi connectivity index (χ0) is 16.4. The fourth-order valence-corrected chi connectivity index (χ4v) is 2.32. The van der Waals surface area contributed by atoms with Crippen molar-refractivity contribution < 1.29 is 4.79 Å². The number of amides is 1. The number of nitrogens with zero attached hydrogens (tertiary/aromatic N) is 6. The van der Waals surface area contributed by atoms with Crippen LogP contribution in [-0.4, -0.2) is 35.5 Å². The van der Waals surface area contributed by atoms with Gasteiger partial charge in [0.1, 0.15) is 12.0 Å². The third kappa shape index (κ3) is 2.72. The van der Waals surface area contributed by atoms with Crippen LogP contribution in [0, 0.1) is 0 Å². The normalized spacial score (nSPS) is 10.8. The first kappa shape index (κ1) is 14.1. The van der Waals surface area contributed by atoms with Gasteiger partial charge in [-0.1, -0.05) is 23.4 Å². The van der Waals surface area contributed by atoms with Gasteiger partial charge >= 0.3 is 0 Å². The van der Waals surface area contributed by atoms with Crippen molar-refractivity contribution in [1.82, 2.24) is 34.9 Å². The van der Waals surface area contributed by atoms with Crippen LogP contribution in [0.4, 0.5) is 0 Å². The second kappa shape index (κ2) is 5.92. The first-order valence-corrected chi connectivity index (χ1v) is 7.34. The second-order valence-corrected chi connectivity index (χ2v) is 5.19.